The average Bonchev–Trinajstić information content (AvgIpc) is 2.47. The number of fused-ring (bicyclic) bond motifs is 3. The van der Waals surface area contributed by atoms with Gasteiger partial charge >= 0.3 is 5.97 Å². The van der Waals surface area contributed by atoms with Crippen LogP contribution in [0, 0.1) is 0 Å². The highest BCUT2D eigenvalue weighted by molar-refractivity contribution is 6.06. The van der Waals surface area contributed by atoms with Crippen LogP contribution in [-0.2, 0) is 4.79 Å². The molecular formula is C15H10N2O2. The Morgan fingerprint density at radius 3 is 2.68 bits per heavy atom. The molecule has 0 aliphatic rings. The van der Waals surface area contributed by atoms with Gasteiger partial charge in [0.15, 0.2) is 0 Å². The summed E-state index contributed by atoms with van der Waals surface area (Å²) >= 11 is 0. The molecule has 4 heteroatoms. The first-order chi connectivity index (χ1) is 9.29. The van der Waals surface area contributed by atoms with Crippen molar-refractivity contribution in [1.82, 2.24) is 9.97 Å². The van der Waals surface area contributed by atoms with E-state index in [0.29, 0.717) is 11.3 Å². The summed E-state index contributed by atoms with van der Waals surface area (Å²) in [5.74, 6) is -0.0260. The lowest BCUT2D eigenvalue weighted by atomic mass is 10.1. The van der Waals surface area contributed by atoms with E-state index in [0.717, 1.165) is 22.4 Å². The lowest BCUT2D eigenvalue weighted by Crippen LogP contribution is -2.04. The molecule has 0 fully saturated rings. The molecule has 0 aliphatic heterocycles. The standard InChI is InChI=1S/C15H10N2O2/c1-2-13(18)19-12-9-10-5-3-7-16-14(10)15-11(12)6-4-8-17-15/h2-9H,1H2. The van der Waals surface area contributed by atoms with Crippen LogP contribution in [0.5, 0.6) is 5.75 Å². The fourth-order valence-corrected chi connectivity index (χ4v) is 1.98. The van der Waals surface area contributed by atoms with Crippen LogP contribution in [0.1, 0.15) is 0 Å². The topological polar surface area (TPSA) is 52.1 Å². The minimum absolute atomic E-state index is 0.466. The van der Waals surface area contributed by atoms with Crippen LogP contribution in [0.25, 0.3) is 21.8 Å². The number of hydrogen-bond donors (Lipinski definition) is 0. The molecule has 2 heterocycles. The smallest absolute Gasteiger partial charge is 0.335 e. The van der Waals surface area contributed by atoms with Gasteiger partial charge in [-0.1, -0.05) is 12.6 Å². The third kappa shape index (κ3) is 1.93. The van der Waals surface area contributed by atoms with Gasteiger partial charge in [-0.3, -0.25) is 9.97 Å². The highest BCUT2D eigenvalue weighted by atomic mass is 16.5. The van der Waals surface area contributed by atoms with Crippen molar-refractivity contribution < 1.29 is 9.53 Å². The van der Waals surface area contributed by atoms with Gasteiger partial charge < -0.3 is 4.74 Å². The third-order valence-corrected chi connectivity index (χ3v) is 2.80. The van der Waals surface area contributed by atoms with Crippen molar-refractivity contribution in [1.29, 1.82) is 0 Å². The number of carbonyl (C=O) groups excluding carboxylic acids is 1. The van der Waals surface area contributed by atoms with Crippen LogP contribution in [0.2, 0.25) is 0 Å². The molecule has 1 aromatic carbocycles. The zero-order chi connectivity index (χ0) is 13.2. The predicted octanol–water partition coefficient (Wildman–Crippen LogP) is 2.87. The summed E-state index contributed by atoms with van der Waals surface area (Å²) < 4.78 is 5.26. The van der Waals surface area contributed by atoms with Crippen molar-refractivity contribution >= 4 is 27.8 Å². The molecule has 19 heavy (non-hydrogen) atoms. The monoisotopic (exact) mass is 250 g/mol. The van der Waals surface area contributed by atoms with Gasteiger partial charge in [-0.15, -0.1) is 0 Å². The van der Waals surface area contributed by atoms with Gasteiger partial charge in [0.2, 0.25) is 0 Å². The summed E-state index contributed by atoms with van der Waals surface area (Å²) in [5, 5.41) is 1.63. The largest absolute Gasteiger partial charge is 0.423 e. The van der Waals surface area contributed by atoms with Crippen LogP contribution in [-0.4, -0.2) is 15.9 Å². The number of benzene rings is 1. The molecule has 0 radical (unpaired) electrons. The molecule has 0 unspecified atom stereocenters. The Labute approximate surface area is 109 Å². The maximum absolute atomic E-state index is 11.4. The highest BCUT2D eigenvalue weighted by Crippen LogP contribution is 2.30. The minimum atomic E-state index is -0.492. The van der Waals surface area contributed by atoms with E-state index in [4.69, 9.17) is 4.74 Å². The molecule has 4 nitrogen and oxygen atoms in total. The predicted molar refractivity (Wildman–Crippen MR) is 72.9 cm³/mol. The van der Waals surface area contributed by atoms with Gasteiger partial charge in [0.1, 0.15) is 11.3 Å². The van der Waals surface area contributed by atoms with E-state index < -0.39 is 5.97 Å². The maximum Gasteiger partial charge on any atom is 0.335 e. The van der Waals surface area contributed by atoms with Crippen molar-refractivity contribution in [2.24, 2.45) is 0 Å². The molecule has 0 aliphatic carbocycles. The van der Waals surface area contributed by atoms with Gasteiger partial charge in [0.25, 0.3) is 0 Å². The second-order valence-corrected chi connectivity index (χ2v) is 3.97. The van der Waals surface area contributed by atoms with Crippen molar-refractivity contribution in [2.45, 2.75) is 0 Å². The summed E-state index contributed by atoms with van der Waals surface area (Å²) in [6.45, 7) is 3.40. The van der Waals surface area contributed by atoms with Gasteiger partial charge in [0.05, 0.1) is 5.52 Å². The molecule has 92 valence electrons. The van der Waals surface area contributed by atoms with E-state index >= 15 is 0 Å². The van der Waals surface area contributed by atoms with Gasteiger partial charge in [-0.2, -0.15) is 0 Å². The SMILES string of the molecule is C=CC(=O)Oc1cc2cccnc2c2ncccc12. The van der Waals surface area contributed by atoms with Crippen LogP contribution >= 0.6 is 0 Å². The number of esters is 1. The highest BCUT2D eigenvalue weighted by Gasteiger charge is 2.10. The van der Waals surface area contributed by atoms with E-state index in [1.54, 1.807) is 24.5 Å². The molecule has 0 spiro atoms. The Morgan fingerprint density at radius 1 is 1.16 bits per heavy atom. The first kappa shape index (κ1) is 11.3. The summed E-state index contributed by atoms with van der Waals surface area (Å²) in [6.07, 6.45) is 4.54. The molecule has 3 aromatic rings. The number of aromatic nitrogens is 2. The molecule has 0 atom stereocenters. The first-order valence-corrected chi connectivity index (χ1v) is 5.76. The molecule has 0 bridgehead atoms. The number of ether oxygens (including phenoxy) is 1. The summed E-state index contributed by atoms with van der Waals surface area (Å²) in [7, 11) is 0. The Hall–Kier alpha value is -2.75. The van der Waals surface area contributed by atoms with Gasteiger partial charge in [-0.05, 0) is 24.3 Å². The van der Waals surface area contributed by atoms with Gasteiger partial charge in [0, 0.05) is 29.2 Å². The molecule has 0 N–H and O–H groups in total. The average molecular weight is 250 g/mol. The minimum Gasteiger partial charge on any atom is -0.423 e. The van der Waals surface area contributed by atoms with Crippen LogP contribution in [0.4, 0.5) is 0 Å². The van der Waals surface area contributed by atoms with Crippen molar-refractivity contribution in [3.63, 3.8) is 0 Å². The maximum atomic E-state index is 11.4. The van der Waals surface area contributed by atoms with Crippen molar-refractivity contribution in [3.05, 3.63) is 55.4 Å². The number of rotatable bonds is 2. The third-order valence-electron chi connectivity index (χ3n) is 2.80. The summed E-state index contributed by atoms with van der Waals surface area (Å²) in [4.78, 5) is 20.0. The number of pyridine rings is 2. The van der Waals surface area contributed by atoms with Crippen molar-refractivity contribution in [3.8, 4) is 5.75 Å². The molecular weight excluding hydrogens is 240 g/mol. The summed E-state index contributed by atoms with van der Waals surface area (Å²) in [6, 6.07) is 9.16. The number of nitrogens with zero attached hydrogens (tertiary/aromatic N) is 2. The molecule has 0 amide bonds. The Kier molecular flexibility index (Phi) is 2.68. The molecule has 0 saturated carbocycles. The van der Waals surface area contributed by atoms with Crippen LogP contribution in [0.15, 0.2) is 55.4 Å². The van der Waals surface area contributed by atoms with Crippen LogP contribution in [0.3, 0.4) is 0 Å². The molecule has 0 saturated heterocycles. The number of hydrogen-bond acceptors (Lipinski definition) is 4. The molecule has 2 aromatic heterocycles. The van der Waals surface area contributed by atoms with E-state index in [1.165, 1.54) is 0 Å². The normalized spacial score (nSPS) is 10.5. The van der Waals surface area contributed by atoms with E-state index in [2.05, 4.69) is 16.5 Å². The second-order valence-electron chi connectivity index (χ2n) is 3.97. The van der Waals surface area contributed by atoms with Gasteiger partial charge in [-0.25, -0.2) is 4.79 Å². The van der Waals surface area contributed by atoms with E-state index in [-0.39, 0.29) is 0 Å². The fraction of sp³-hybridized carbons (Fsp3) is 0. The molecule has 3 rings (SSSR count). The lowest BCUT2D eigenvalue weighted by Gasteiger charge is -2.08. The van der Waals surface area contributed by atoms with E-state index in [1.807, 2.05) is 18.2 Å². The number of carbonyl (C=O) groups is 1. The zero-order valence-electron chi connectivity index (χ0n) is 10.0. The first-order valence-electron chi connectivity index (χ1n) is 5.76. The Balaban J connectivity index is 2.35. The van der Waals surface area contributed by atoms with Crippen LogP contribution < -0.4 is 4.74 Å². The van der Waals surface area contributed by atoms with E-state index in [9.17, 15) is 4.79 Å². The fourth-order valence-electron chi connectivity index (χ4n) is 1.98. The zero-order valence-corrected chi connectivity index (χ0v) is 10.0. The quantitative estimate of drug-likeness (QED) is 0.304. The Bertz CT molecular complexity index is 796. The summed E-state index contributed by atoms with van der Waals surface area (Å²) in [5.41, 5.74) is 1.50. The second kappa shape index (κ2) is 4.49. The van der Waals surface area contributed by atoms with Crippen molar-refractivity contribution in [2.75, 3.05) is 0 Å². The lowest BCUT2D eigenvalue weighted by molar-refractivity contribution is -0.128. The Morgan fingerprint density at radius 2 is 1.89 bits per heavy atom.